The Kier molecular flexibility index (Phi) is 6.30. The maximum atomic E-state index is 12.8. The number of benzene rings is 1. The molecular weight excluding hydrogens is 440 g/mol. The van der Waals surface area contributed by atoms with Gasteiger partial charge in [-0.25, -0.2) is 23.1 Å². The first-order valence-electron chi connectivity index (χ1n) is 9.77. The van der Waals surface area contributed by atoms with E-state index in [9.17, 15) is 13.2 Å². The van der Waals surface area contributed by atoms with Crippen molar-refractivity contribution in [2.45, 2.75) is 24.3 Å². The van der Waals surface area contributed by atoms with E-state index in [1.807, 2.05) is 24.3 Å². The second kappa shape index (κ2) is 9.13. The van der Waals surface area contributed by atoms with Crippen LogP contribution in [-0.4, -0.2) is 51.5 Å². The second-order valence-electron chi connectivity index (χ2n) is 7.20. The molecule has 1 saturated heterocycles. The molecular formula is C20H21ClN6O3S. The highest BCUT2D eigenvalue weighted by Crippen LogP contribution is 2.27. The van der Waals surface area contributed by atoms with Gasteiger partial charge in [0.05, 0.1) is 5.69 Å². The molecule has 1 fully saturated rings. The van der Waals surface area contributed by atoms with Crippen molar-refractivity contribution in [3.63, 3.8) is 0 Å². The van der Waals surface area contributed by atoms with E-state index in [-0.39, 0.29) is 35.0 Å². The number of hydrogen-bond acceptors (Lipinski definition) is 6. The van der Waals surface area contributed by atoms with Crippen LogP contribution in [0.2, 0.25) is 5.15 Å². The number of piperidine rings is 1. The summed E-state index contributed by atoms with van der Waals surface area (Å²) in [6.07, 6.45) is 5.43. The van der Waals surface area contributed by atoms with Crippen LogP contribution in [0.5, 0.6) is 0 Å². The van der Waals surface area contributed by atoms with E-state index in [1.165, 1.54) is 29.0 Å². The van der Waals surface area contributed by atoms with Crippen LogP contribution in [0.3, 0.4) is 0 Å². The Morgan fingerprint density at radius 3 is 2.55 bits per heavy atom. The quantitative estimate of drug-likeness (QED) is 0.563. The van der Waals surface area contributed by atoms with Crippen molar-refractivity contribution in [1.82, 2.24) is 29.4 Å². The molecule has 9 nitrogen and oxygen atoms in total. The number of aromatic nitrogens is 4. The number of nitrogens with one attached hydrogen (secondary N) is 1. The molecule has 1 aliphatic rings. The number of amides is 1. The molecule has 0 atom stereocenters. The van der Waals surface area contributed by atoms with Crippen molar-refractivity contribution in [2.75, 3.05) is 13.1 Å². The Labute approximate surface area is 185 Å². The predicted octanol–water partition coefficient (Wildman–Crippen LogP) is 2.03. The van der Waals surface area contributed by atoms with Crippen molar-refractivity contribution in [3.8, 4) is 5.69 Å². The number of pyridine rings is 1. The first kappa shape index (κ1) is 21.4. The second-order valence-corrected chi connectivity index (χ2v) is 9.46. The molecule has 3 heterocycles. The van der Waals surface area contributed by atoms with Crippen LogP contribution >= 0.6 is 11.6 Å². The molecule has 1 amide bonds. The average Bonchev–Trinajstić information content (AvgIpc) is 3.33. The lowest BCUT2D eigenvalue weighted by atomic mass is 9.97. The van der Waals surface area contributed by atoms with Gasteiger partial charge >= 0.3 is 0 Å². The zero-order valence-corrected chi connectivity index (χ0v) is 18.1. The van der Waals surface area contributed by atoms with Gasteiger partial charge in [0.15, 0.2) is 0 Å². The Hall–Kier alpha value is -2.82. The van der Waals surface area contributed by atoms with Crippen LogP contribution in [-0.2, 0) is 21.4 Å². The highest BCUT2D eigenvalue weighted by molar-refractivity contribution is 7.89. The lowest BCUT2D eigenvalue weighted by Crippen LogP contribution is -2.42. The van der Waals surface area contributed by atoms with Gasteiger partial charge < -0.3 is 5.32 Å². The van der Waals surface area contributed by atoms with Gasteiger partial charge in [0.25, 0.3) is 0 Å². The van der Waals surface area contributed by atoms with Crippen LogP contribution in [0.4, 0.5) is 0 Å². The van der Waals surface area contributed by atoms with Crippen LogP contribution in [0.1, 0.15) is 18.4 Å². The maximum absolute atomic E-state index is 12.8. The summed E-state index contributed by atoms with van der Waals surface area (Å²) in [5.74, 6) is -0.304. The van der Waals surface area contributed by atoms with E-state index < -0.39 is 10.0 Å². The molecule has 11 heteroatoms. The number of rotatable bonds is 6. The monoisotopic (exact) mass is 460 g/mol. The average molecular weight is 461 g/mol. The van der Waals surface area contributed by atoms with E-state index in [0.717, 1.165) is 11.3 Å². The van der Waals surface area contributed by atoms with Crippen LogP contribution in [0.15, 0.2) is 60.1 Å². The summed E-state index contributed by atoms with van der Waals surface area (Å²) >= 11 is 5.96. The standard InChI is InChI=1S/C20H21ClN6O3S/c21-19-18(2-1-9-23-19)31(29,30)26-10-7-16(8-11-26)20(28)24-12-15-3-5-17(6-4-15)27-14-22-13-25-27/h1-6,9,13-14,16H,7-8,10-12H2,(H,24,28). The Bertz CT molecular complexity index is 1140. The first-order chi connectivity index (χ1) is 14.9. The molecule has 0 bridgehead atoms. The predicted molar refractivity (Wildman–Crippen MR) is 114 cm³/mol. The van der Waals surface area contributed by atoms with Crippen LogP contribution in [0.25, 0.3) is 5.69 Å². The van der Waals surface area contributed by atoms with Crippen LogP contribution in [0, 0.1) is 5.92 Å². The molecule has 1 N–H and O–H groups in total. The fourth-order valence-electron chi connectivity index (χ4n) is 3.50. The van der Waals surface area contributed by atoms with E-state index in [4.69, 9.17) is 11.6 Å². The van der Waals surface area contributed by atoms with Gasteiger partial charge in [0.1, 0.15) is 22.7 Å². The van der Waals surface area contributed by atoms with Gasteiger partial charge in [0.2, 0.25) is 15.9 Å². The summed E-state index contributed by atoms with van der Waals surface area (Å²) in [5.41, 5.74) is 1.85. The molecule has 31 heavy (non-hydrogen) atoms. The summed E-state index contributed by atoms with van der Waals surface area (Å²) < 4.78 is 28.6. The van der Waals surface area contributed by atoms with E-state index >= 15 is 0 Å². The third kappa shape index (κ3) is 4.76. The maximum Gasteiger partial charge on any atom is 0.246 e. The number of nitrogens with zero attached hydrogens (tertiary/aromatic N) is 5. The first-order valence-corrected chi connectivity index (χ1v) is 11.6. The minimum Gasteiger partial charge on any atom is -0.352 e. The van der Waals surface area contributed by atoms with Gasteiger partial charge in [0, 0.05) is 31.7 Å². The van der Waals surface area contributed by atoms with Gasteiger partial charge in [-0.2, -0.15) is 9.40 Å². The highest BCUT2D eigenvalue weighted by atomic mass is 35.5. The number of hydrogen-bond donors (Lipinski definition) is 1. The largest absolute Gasteiger partial charge is 0.352 e. The van der Waals surface area contributed by atoms with Gasteiger partial charge in [-0.1, -0.05) is 23.7 Å². The van der Waals surface area contributed by atoms with Crippen LogP contribution < -0.4 is 5.32 Å². The van der Waals surface area contributed by atoms with Gasteiger partial charge in [-0.05, 0) is 42.7 Å². The van der Waals surface area contributed by atoms with E-state index in [0.29, 0.717) is 19.4 Å². The van der Waals surface area contributed by atoms with E-state index in [1.54, 1.807) is 11.0 Å². The molecule has 1 aromatic carbocycles. The summed E-state index contributed by atoms with van der Waals surface area (Å²) in [6.45, 7) is 0.927. The van der Waals surface area contributed by atoms with Crippen molar-refractivity contribution in [3.05, 3.63) is 66.0 Å². The number of halogens is 1. The van der Waals surface area contributed by atoms with Gasteiger partial charge in [-0.3, -0.25) is 4.79 Å². The molecule has 3 aromatic rings. The summed E-state index contributed by atoms with van der Waals surface area (Å²) in [7, 11) is -3.72. The summed E-state index contributed by atoms with van der Waals surface area (Å²) in [6, 6.07) is 10.6. The molecule has 0 radical (unpaired) electrons. The molecule has 1 aliphatic heterocycles. The summed E-state index contributed by atoms with van der Waals surface area (Å²) in [5, 5.41) is 6.98. The zero-order chi connectivity index (χ0) is 21.8. The minimum absolute atomic E-state index is 0.00564. The minimum atomic E-state index is -3.72. The molecule has 4 rings (SSSR count). The number of carbonyl (C=O) groups is 1. The van der Waals surface area contributed by atoms with E-state index in [2.05, 4.69) is 20.4 Å². The third-order valence-corrected chi connectivity index (χ3v) is 7.60. The summed E-state index contributed by atoms with van der Waals surface area (Å²) in [4.78, 5) is 20.3. The lowest BCUT2D eigenvalue weighted by molar-refractivity contribution is -0.126. The molecule has 0 spiro atoms. The fraction of sp³-hybridized carbons (Fsp3) is 0.300. The molecule has 0 unspecified atom stereocenters. The zero-order valence-electron chi connectivity index (χ0n) is 16.6. The third-order valence-electron chi connectivity index (χ3n) is 5.25. The number of sulfonamides is 1. The highest BCUT2D eigenvalue weighted by Gasteiger charge is 2.33. The Morgan fingerprint density at radius 2 is 1.90 bits per heavy atom. The molecule has 0 aliphatic carbocycles. The SMILES string of the molecule is O=C(NCc1ccc(-n2cncn2)cc1)C1CCN(S(=O)(=O)c2cccnc2Cl)CC1. The van der Waals surface area contributed by atoms with Gasteiger partial charge in [-0.15, -0.1) is 0 Å². The molecule has 162 valence electrons. The normalized spacial score (nSPS) is 15.6. The molecule has 2 aromatic heterocycles. The van der Waals surface area contributed by atoms with Crippen molar-refractivity contribution < 1.29 is 13.2 Å². The molecule has 0 saturated carbocycles. The lowest BCUT2D eigenvalue weighted by Gasteiger charge is -2.30. The Morgan fingerprint density at radius 1 is 1.16 bits per heavy atom. The smallest absolute Gasteiger partial charge is 0.246 e. The van der Waals surface area contributed by atoms with Crippen molar-refractivity contribution >= 4 is 27.5 Å². The van der Waals surface area contributed by atoms with Crippen molar-refractivity contribution in [2.24, 2.45) is 5.92 Å². The Balaban J connectivity index is 1.30. The number of carbonyl (C=O) groups excluding carboxylic acids is 1. The fourth-order valence-corrected chi connectivity index (χ4v) is 5.40. The topological polar surface area (TPSA) is 110 Å². The van der Waals surface area contributed by atoms with Crippen molar-refractivity contribution in [1.29, 1.82) is 0 Å².